The number of carbonyl (C=O) groups is 1. The molecule has 8 heteroatoms. The normalized spacial score (nSPS) is 12.6. The van der Waals surface area contributed by atoms with Crippen molar-refractivity contribution in [3.63, 3.8) is 0 Å². The number of hydrogen-bond acceptors (Lipinski definition) is 5. The second-order valence-electron chi connectivity index (χ2n) is 10.3. The summed E-state index contributed by atoms with van der Waals surface area (Å²) in [5.74, 6) is -0.238. The number of anilines is 2. The first-order valence-electron chi connectivity index (χ1n) is 12.0. The summed E-state index contributed by atoms with van der Waals surface area (Å²) in [6, 6.07) is 23.5. The van der Waals surface area contributed by atoms with Gasteiger partial charge in [-0.1, -0.05) is 69.3 Å². The third-order valence-electron chi connectivity index (χ3n) is 6.78. The molecule has 1 N–H and O–H groups in total. The number of nitro benzene ring substituents is 1. The molecular weight excluding hydrogens is 470 g/mol. The fourth-order valence-electron chi connectivity index (χ4n) is 3.55. The lowest BCUT2D eigenvalue weighted by atomic mass is 10.1. The van der Waals surface area contributed by atoms with Gasteiger partial charge in [-0.25, -0.2) is 0 Å². The lowest BCUT2D eigenvalue weighted by Crippen LogP contribution is -2.43. The highest BCUT2D eigenvalue weighted by Crippen LogP contribution is 2.40. The number of rotatable bonds is 9. The minimum atomic E-state index is -2.11. The van der Waals surface area contributed by atoms with E-state index in [1.54, 1.807) is 43.4 Å². The molecule has 3 aromatic carbocycles. The fraction of sp³-hybridized carbons (Fsp3) is 0.321. The number of benzene rings is 3. The van der Waals surface area contributed by atoms with Gasteiger partial charge in [-0.2, -0.15) is 0 Å². The molecule has 0 unspecified atom stereocenters. The molecule has 7 nitrogen and oxygen atoms in total. The smallest absolute Gasteiger partial charge is 0.294 e. The molecule has 36 heavy (non-hydrogen) atoms. The lowest BCUT2D eigenvalue weighted by molar-refractivity contribution is -0.383. The highest BCUT2D eigenvalue weighted by Gasteiger charge is 2.39. The van der Waals surface area contributed by atoms with Crippen molar-refractivity contribution in [1.82, 2.24) is 0 Å². The van der Waals surface area contributed by atoms with Crippen LogP contribution in [0.3, 0.4) is 0 Å². The quantitative estimate of drug-likeness (QED) is 0.191. The van der Waals surface area contributed by atoms with Crippen molar-refractivity contribution < 1.29 is 14.1 Å². The Morgan fingerprint density at radius 2 is 1.61 bits per heavy atom. The van der Waals surface area contributed by atoms with E-state index >= 15 is 0 Å². The van der Waals surface area contributed by atoms with E-state index < -0.39 is 13.2 Å². The summed E-state index contributed by atoms with van der Waals surface area (Å²) in [5, 5.41) is 15.2. The minimum Gasteiger partial charge on any atom is -0.408 e. The van der Waals surface area contributed by atoms with Crippen LogP contribution in [0, 0.1) is 10.1 Å². The van der Waals surface area contributed by atoms with E-state index in [4.69, 9.17) is 4.43 Å². The predicted octanol–water partition coefficient (Wildman–Crippen LogP) is 7.05. The van der Waals surface area contributed by atoms with Crippen LogP contribution in [0.15, 0.2) is 78.9 Å². The van der Waals surface area contributed by atoms with Gasteiger partial charge >= 0.3 is 0 Å². The Hall–Kier alpha value is -3.49. The topological polar surface area (TPSA) is 84.7 Å². The van der Waals surface area contributed by atoms with Crippen molar-refractivity contribution >= 4 is 31.3 Å². The van der Waals surface area contributed by atoms with Crippen LogP contribution in [0.2, 0.25) is 18.1 Å². The number of nitrogens with zero attached hydrogens (tertiary/aromatic N) is 2. The van der Waals surface area contributed by atoms with Crippen molar-refractivity contribution in [2.75, 3.05) is 23.8 Å². The molecule has 3 aromatic rings. The maximum Gasteiger partial charge on any atom is 0.294 e. The molecule has 0 saturated carbocycles. The maximum atomic E-state index is 12.8. The molecule has 0 saturated heterocycles. The Labute approximate surface area is 214 Å². The molecule has 3 rings (SSSR count). The highest BCUT2D eigenvalue weighted by atomic mass is 28.4. The first-order valence-corrected chi connectivity index (χ1v) is 14.9. The number of nitro groups is 1. The van der Waals surface area contributed by atoms with Gasteiger partial charge in [-0.3, -0.25) is 14.9 Å². The van der Waals surface area contributed by atoms with Crippen LogP contribution in [0.5, 0.6) is 0 Å². The van der Waals surface area contributed by atoms with E-state index in [0.29, 0.717) is 23.5 Å². The predicted molar refractivity (Wildman–Crippen MR) is 148 cm³/mol. The summed E-state index contributed by atoms with van der Waals surface area (Å²) >= 11 is 0. The highest BCUT2D eigenvalue weighted by molar-refractivity contribution is 6.74. The van der Waals surface area contributed by atoms with E-state index in [-0.39, 0.29) is 22.7 Å². The van der Waals surface area contributed by atoms with Crippen molar-refractivity contribution in [3.05, 3.63) is 100 Å². The lowest BCUT2D eigenvalue weighted by Gasteiger charge is -2.39. The van der Waals surface area contributed by atoms with Gasteiger partial charge in [0, 0.05) is 25.2 Å². The van der Waals surface area contributed by atoms with Crippen molar-refractivity contribution in [2.24, 2.45) is 0 Å². The number of carbonyl (C=O) groups excluding carboxylic acids is 1. The molecular formula is C28H35N3O4Si. The Morgan fingerprint density at radius 3 is 2.17 bits per heavy atom. The molecule has 0 aliphatic heterocycles. The summed E-state index contributed by atoms with van der Waals surface area (Å²) in [6.45, 7) is 11.3. The SMILES string of the molecule is CN(C(=O)c1ccccc1)c1ccc(NC[C@H](O[Si](C)(C)C(C)(C)C)c2ccccc2)c([N+](=O)[O-])c1. The first kappa shape index (κ1) is 27.1. The second-order valence-corrected chi connectivity index (χ2v) is 15.1. The Balaban J connectivity index is 1.85. The average Bonchev–Trinajstić information content (AvgIpc) is 2.85. The zero-order valence-corrected chi connectivity index (χ0v) is 22.8. The zero-order chi connectivity index (χ0) is 26.5. The molecule has 0 aliphatic carbocycles. The molecule has 0 bridgehead atoms. The molecule has 0 aliphatic rings. The first-order chi connectivity index (χ1) is 16.9. The maximum absolute atomic E-state index is 12.8. The largest absolute Gasteiger partial charge is 0.408 e. The third kappa shape index (κ3) is 6.38. The van der Waals surface area contributed by atoms with Gasteiger partial charge in [0.15, 0.2) is 8.32 Å². The minimum absolute atomic E-state index is 0.0174. The Bertz CT molecular complexity index is 1190. The summed E-state index contributed by atoms with van der Waals surface area (Å²) in [6.07, 6.45) is -0.270. The molecule has 0 heterocycles. The number of nitrogens with one attached hydrogen (secondary N) is 1. The van der Waals surface area contributed by atoms with Gasteiger partial charge in [0.2, 0.25) is 0 Å². The Morgan fingerprint density at radius 1 is 1.03 bits per heavy atom. The third-order valence-corrected chi connectivity index (χ3v) is 11.3. The fourth-order valence-corrected chi connectivity index (χ4v) is 4.84. The summed E-state index contributed by atoms with van der Waals surface area (Å²) in [4.78, 5) is 25.8. The molecule has 0 aromatic heterocycles. The van der Waals surface area contributed by atoms with Crippen LogP contribution in [-0.2, 0) is 4.43 Å². The van der Waals surface area contributed by atoms with E-state index in [2.05, 4.69) is 39.2 Å². The number of amides is 1. The van der Waals surface area contributed by atoms with Crippen molar-refractivity contribution in [3.8, 4) is 0 Å². The Kier molecular flexibility index (Phi) is 8.32. The van der Waals surface area contributed by atoms with Crippen molar-refractivity contribution in [1.29, 1.82) is 0 Å². The molecule has 1 amide bonds. The zero-order valence-electron chi connectivity index (χ0n) is 21.8. The molecule has 0 radical (unpaired) electrons. The van der Waals surface area contributed by atoms with Gasteiger partial charge in [0.1, 0.15) is 5.69 Å². The monoisotopic (exact) mass is 505 g/mol. The van der Waals surface area contributed by atoms with Crippen LogP contribution < -0.4 is 10.2 Å². The summed E-state index contributed by atoms with van der Waals surface area (Å²) in [7, 11) is -0.500. The van der Waals surface area contributed by atoms with Gasteiger partial charge in [0.25, 0.3) is 11.6 Å². The molecule has 1 atom stereocenters. The summed E-state index contributed by atoms with van der Waals surface area (Å²) in [5.41, 5.74) is 2.25. The number of hydrogen-bond donors (Lipinski definition) is 1. The molecule has 0 fully saturated rings. The summed E-state index contributed by atoms with van der Waals surface area (Å²) < 4.78 is 6.71. The van der Waals surface area contributed by atoms with Crippen LogP contribution in [0.1, 0.15) is 42.8 Å². The second kappa shape index (κ2) is 11.1. The van der Waals surface area contributed by atoms with E-state index in [9.17, 15) is 14.9 Å². The molecule has 0 spiro atoms. The van der Waals surface area contributed by atoms with Gasteiger partial charge in [-0.05, 0) is 48.0 Å². The van der Waals surface area contributed by atoms with Gasteiger partial charge in [0.05, 0.1) is 16.7 Å². The molecule has 190 valence electrons. The van der Waals surface area contributed by atoms with Crippen LogP contribution in [0.4, 0.5) is 17.1 Å². The van der Waals surface area contributed by atoms with E-state index in [0.717, 1.165) is 5.56 Å². The van der Waals surface area contributed by atoms with Gasteiger partial charge in [-0.15, -0.1) is 0 Å². The van der Waals surface area contributed by atoms with Gasteiger partial charge < -0.3 is 14.6 Å². The van der Waals surface area contributed by atoms with Crippen LogP contribution in [-0.4, -0.2) is 32.7 Å². The average molecular weight is 506 g/mol. The van der Waals surface area contributed by atoms with Crippen LogP contribution in [0.25, 0.3) is 0 Å². The van der Waals surface area contributed by atoms with Crippen molar-refractivity contribution in [2.45, 2.75) is 45.0 Å². The van der Waals surface area contributed by atoms with Crippen LogP contribution >= 0.6 is 0 Å². The van der Waals surface area contributed by atoms with E-state index in [1.807, 2.05) is 36.4 Å². The standard InChI is InChI=1S/C28H35N3O4Si/c1-28(2,3)36(5,6)35-26(21-13-9-7-10-14-21)20-29-24-18-17-23(19-25(24)31(33)34)30(4)27(32)22-15-11-8-12-16-22/h7-19,26,29H,20H2,1-6H3/t26-/m0/s1. The van der Waals surface area contributed by atoms with E-state index in [1.165, 1.54) is 11.0 Å².